The molecule has 3 aromatic rings. The molecule has 3 rings (SSSR count). The average molecular weight is 373 g/mol. The lowest BCUT2D eigenvalue weighted by molar-refractivity contribution is 0.0778. The first kappa shape index (κ1) is 17.8. The number of nitrogens with one attached hydrogen (secondary N) is 1. The van der Waals surface area contributed by atoms with Gasteiger partial charge in [-0.15, -0.1) is 0 Å². The Labute approximate surface area is 155 Å². The number of aromatic nitrogens is 2. The third-order valence-electron chi connectivity index (χ3n) is 3.77. The molecule has 0 radical (unpaired) electrons. The normalized spacial score (nSPS) is 10.6. The average Bonchev–Trinajstić information content (AvgIpc) is 3.27. The van der Waals surface area contributed by atoms with Crippen LogP contribution in [0.1, 0.15) is 26.6 Å². The molecule has 8 heteroatoms. The molecule has 7 nitrogen and oxygen atoms in total. The number of carbonyl (C=O) groups is 2. The Morgan fingerprint density at radius 2 is 2.00 bits per heavy atom. The molecule has 0 unspecified atom stereocenters. The minimum absolute atomic E-state index is 0.180. The Balaban J connectivity index is 1.69. The number of hydrogen-bond acceptors (Lipinski definition) is 4. The van der Waals surface area contributed by atoms with Crippen LogP contribution in [0.5, 0.6) is 0 Å². The summed E-state index contributed by atoms with van der Waals surface area (Å²) >= 11 is 5.87. The van der Waals surface area contributed by atoms with Gasteiger partial charge in [0.05, 0.1) is 6.26 Å². The maximum absolute atomic E-state index is 12.6. The molecule has 0 saturated carbocycles. The topological polar surface area (TPSA) is 80.4 Å². The molecule has 0 atom stereocenters. The predicted molar refractivity (Wildman–Crippen MR) is 97.1 cm³/mol. The fourth-order valence-electron chi connectivity index (χ4n) is 2.41. The fourth-order valence-corrected chi connectivity index (χ4v) is 2.53. The van der Waals surface area contributed by atoms with Crippen LogP contribution in [0.3, 0.4) is 0 Å². The van der Waals surface area contributed by atoms with E-state index in [1.165, 1.54) is 17.0 Å². The zero-order chi connectivity index (χ0) is 18.7. The first-order chi connectivity index (χ1) is 12.4. The SMILES string of the molecule is CN(Cc1ccc(Cl)cc1)C(=O)c1cc(NC(=O)c2ccco2)n(C)n1. The summed E-state index contributed by atoms with van der Waals surface area (Å²) in [6.07, 6.45) is 1.42. The number of furan rings is 1. The van der Waals surface area contributed by atoms with Gasteiger partial charge in [-0.3, -0.25) is 14.3 Å². The van der Waals surface area contributed by atoms with Crippen LogP contribution < -0.4 is 5.32 Å². The summed E-state index contributed by atoms with van der Waals surface area (Å²) in [5.74, 6) is -0.0888. The summed E-state index contributed by atoms with van der Waals surface area (Å²) in [4.78, 5) is 26.2. The van der Waals surface area contributed by atoms with Gasteiger partial charge in [0.2, 0.25) is 0 Å². The van der Waals surface area contributed by atoms with E-state index in [9.17, 15) is 9.59 Å². The highest BCUT2D eigenvalue weighted by molar-refractivity contribution is 6.30. The van der Waals surface area contributed by atoms with Crippen molar-refractivity contribution in [3.63, 3.8) is 0 Å². The summed E-state index contributed by atoms with van der Waals surface area (Å²) in [5.41, 5.74) is 1.19. The van der Waals surface area contributed by atoms with E-state index in [2.05, 4.69) is 10.4 Å². The van der Waals surface area contributed by atoms with Crippen LogP contribution in [0.25, 0.3) is 0 Å². The van der Waals surface area contributed by atoms with Gasteiger partial charge < -0.3 is 14.6 Å². The van der Waals surface area contributed by atoms with Crippen LogP contribution in [0.15, 0.2) is 53.1 Å². The summed E-state index contributed by atoms with van der Waals surface area (Å²) < 4.78 is 6.48. The van der Waals surface area contributed by atoms with E-state index in [1.807, 2.05) is 12.1 Å². The molecule has 0 bridgehead atoms. The quantitative estimate of drug-likeness (QED) is 0.745. The lowest BCUT2D eigenvalue weighted by Crippen LogP contribution is -2.26. The first-order valence-electron chi connectivity index (χ1n) is 7.83. The third kappa shape index (κ3) is 3.94. The molecule has 2 heterocycles. The van der Waals surface area contributed by atoms with Crippen LogP contribution in [-0.2, 0) is 13.6 Å². The van der Waals surface area contributed by atoms with Crippen molar-refractivity contribution in [2.75, 3.05) is 12.4 Å². The number of nitrogens with zero attached hydrogens (tertiary/aromatic N) is 3. The third-order valence-corrected chi connectivity index (χ3v) is 4.02. The van der Waals surface area contributed by atoms with Crippen LogP contribution in [0.2, 0.25) is 5.02 Å². The second-order valence-electron chi connectivity index (χ2n) is 5.76. The molecule has 0 saturated heterocycles. The molecule has 1 aromatic carbocycles. The van der Waals surface area contributed by atoms with Gasteiger partial charge in [0.15, 0.2) is 11.5 Å². The van der Waals surface area contributed by atoms with Crippen LogP contribution in [0, 0.1) is 0 Å². The van der Waals surface area contributed by atoms with E-state index in [4.69, 9.17) is 16.0 Å². The molecule has 2 amide bonds. The Morgan fingerprint density at radius 3 is 2.65 bits per heavy atom. The minimum Gasteiger partial charge on any atom is -0.459 e. The zero-order valence-corrected chi connectivity index (χ0v) is 15.0. The monoisotopic (exact) mass is 372 g/mol. The molecule has 0 fully saturated rings. The van der Waals surface area contributed by atoms with E-state index in [-0.39, 0.29) is 17.4 Å². The van der Waals surface area contributed by atoms with E-state index < -0.39 is 5.91 Å². The molecule has 0 aliphatic carbocycles. The summed E-state index contributed by atoms with van der Waals surface area (Å²) in [7, 11) is 3.33. The van der Waals surface area contributed by atoms with Crippen LogP contribution in [0.4, 0.5) is 5.82 Å². The van der Waals surface area contributed by atoms with E-state index in [0.29, 0.717) is 17.4 Å². The van der Waals surface area contributed by atoms with Crippen molar-refractivity contribution in [3.8, 4) is 0 Å². The van der Waals surface area contributed by atoms with Crippen molar-refractivity contribution in [3.05, 3.63) is 70.8 Å². The van der Waals surface area contributed by atoms with Gasteiger partial charge in [0, 0.05) is 31.7 Å². The van der Waals surface area contributed by atoms with Crippen molar-refractivity contribution in [1.29, 1.82) is 0 Å². The molecule has 0 aliphatic heterocycles. The van der Waals surface area contributed by atoms with Crippen LogP contribution in [-0.4, -0.2) is 33.5 Å². The number of hydrogen-bond donors (Lipinski definition) is 1. The zero-order valence-electron chi connectivity index (χ0n) is 14.3. The second-order valence-corrected chi connectivity index (χ2v) is 6.19. The summed E-state index contributed by atoms with van der Waals surface area (Å²) in [5, 5.41) is 7.49. The molecule has 0 spiro atoms. The highest BCUT2D eigenvalue weighted by Crippen LogP contribution is 2.15. The lowest BCUT2D eigenvalue weighted by atomic mass is 10.2. The Hall–Kier alpha value is -3.06. The van der Waals surface area contributed by atoms with Crippen molar-refractivity contribution in [2.45, 2.75) is 6.54 Å². The highest BCUT2D eigenvalue weighted by Gasteiger charge is 2.19. The number of benzene rings is 1. The van der Waals surface area contributed by atoms with Gasteiger partial charge in [0.1, 0.15) is 5.82 Å². The number of halogens is 1. The standard InChI is InChI=1S/C18H17ClN4O3/c1-22(11-12-5-7-13(19)8-6-12)18(25)14-10-16(23(2)21-14)20-17(24)15-4-3-9-26-15/h3-10H,11H2,1-2H3,(H,20,24). The number of carbonyl (C=O) groups excluding carboxylic acids is 2. The first-order valence-corrected chi connectivity index (χ1v) is 8.20. The second kappa shape index (κ2) is 7.45. The van der Waals surface area contributed by atoms with Crippen molar-refractivity contribution in [1.82, 2.24) is 14.7 Å². The maximum Gasteiger partial charge on any atom is 0.292 e. The smallest absolute Gasteiger partial charge is 0.292 e. The fraction of sp³-hybridized carbons (Fsp3) is 0.167. The molecule has 26 heavy (non-hydrogen) atoms. The van der Waals surface area contributed by atoms with Gasteiger partial charge in [-0.1, -0.05) is 23.7 Å². The van der Waals surface area contributed by atoms with Gasteiger partial charge in [-0.05, 0) is 29.8 Å². The van der Waals surface area contributed by atoms with Crippen molar-refractivity contribution >= 4 is 29.2 Å². The highest BCUT2D eigenvalue weighted by atomic mass is 35.5. The summed E-state index contributed by atoms with van der Waals surface area (Å²) in [6, 6.07) is 12.0. The van der Waals surface area contributed by atoms with Gasteiger partial charge in [-0.2, -0.15) is 5.10 Å². The van der Waals surface area contributed by atoms with Gasteiger partial charge >= 0.3 is 0 Å². The Morgan fingerprint density at radius 1 is 1.27 bits per heavy atom. The maximum atomic E-state index is 12.6. The van der Waals surface area contributed by atoms with Crippen LogP contribution >= 0.6 is 11.6 Å². The van der Waals surface area contributed by atoms with Gasteiger partial charge in [0.25, 0.3) is 11.8 Å². The molecular weight excluding hydrogens is 356 g/mol. The van der Waals surface area contributed by atoms with Crippen molar-refractivity contribution < 1.29 is 14.0 Å². The molecular formula is C18H17ClN4O3. The van der Waals surface area contributed by atoms with E-state index in [0.717, 1.165) is 5.56 Å². The lowest BCUT2D eigenvalue weighted by Gasteiger charge is -2.15. The summed E-state index contributed by atoms with van der Waals surface area (Å²) in [6.45, 7) is 0.417. The number of rotatable bonds is 5. The molecule has 1 N–H and O–H groups in total. The largest absolute Gasteiger partial charge is 0.459 e. The molecule has 134 valence electrons. The number of anilines is 1. The minimum atomic E-state index is -0.411. The number of aryl methyl sites for hydroxylation is 1. The van der Waals surface area contributed by atoms with Crippen molar-refractivity contribution in [2.24, 2.45) is 7.05 Å². The van der Waals surface area contributed by atoms with Gasteiger partial charge in [-0.25, -0.2) is 0 Å². The van der Waals surface area contributed by atoms with E-state index >= 15 is 0 Å². The number of amides is 2. The predicted octanol–water partition coefficient (Wildman–Crippen LogP) is 3.19. The molecule has 0 aliphatic rings. The molecule has 2 aromatic heterocycles. The Kier molecular flexibility index (Phi) is 5.09. The Bertz CT molecular complexity index is 917. The van der Waals surface area contributed by atoms with E-state index in [1.54, 1.807) is 43.3 Å².